The van der Waals surface area contributed by atoms with Crippen molar-refractivity contribution in [1.82, 2.24) is 0 Å². The molecule has 21 heavy (non-hydrogen) atoms. The molecule has 0 fully saturated rings. The van der Waals surface area contributed by atoms with E-state index in [2.05, 4.69) is 61.2 Å². The molecule has 112 valence electrons. The summed E-state index contributed by atoms with van der Waals surface area (Å²) in [7, 11) is 0. The summed E-state index contributed by atoms with van der Waals surface area (Å²) in [5.74, 6) is 0. The van der Waals surface area contributed by atoms with Gasteiger partial charge in [0.15, 0.2) is 0 Å². The molecule has 0 aromatic rings. The summed E-state index contributed by atoms with van der Waals surface area (Å²) in [5.41, 5.74) is 4.67. The van der Waals surface area contributed by atoms with Crippen molar-refractivity contribution in [2.45, 2.75) is 40.7 Å². The van der Waals surface area contributed by atoms with Crippen molar-refractivity contribution < 1.29 is 0 Å². The molecule has 1 nitrogen and oxygen atoms in total. The Kier molecular flexibility index (Phi) is 7.24. The molecule has 2 rings (SSSR count). The van der Waals surface area contributed by atoms with Crippen molar-refractivity contribution in [3.63, 3.8) is 0 Å². The van der Waals surface area contributed by atoms with E-state index in [1.807, 2.05) is 27.0 Å². The van der Waals surface area contributed by atoms with E-state index >= 15 is 0 Å². The van der Waals surface area contributed by atoms with Crippen LogP contribution in [0.4, 0.5) is 0 Å². The van der Waals surface area contributed by atoms with Crippen molar-refractivity contribution in [2.24, 2.45) is 4.99 Å². The lowest BCUT2D eigenvalue weighted by Gasteiger charge is -2.14. The maximum absolute atomic E-state index is 4.52. The second-order valence-electron chi connectivity index (χ2n) is 4.69. The highest BCUT2D eigenvalue weighted by Crippen LogP contribution is 2.31. The van der Waals surface area contributed by atoms with Gasteiger partial charge in [-0.1, -0.05) is 38.7 Å². The van der Waals surface area contributed by atoms with Gasteiger partial charge in [-0.15, -0.1) is 11.8 Å². The molecule has 0 radical (unpaired) electrons. The average Bonchev–Trinajstić information content (AvgIpc) is 2.90. The van der Waals surface area contributed by atoms with Gasteiger partial charge in [-0.05, 0) is 65.5 Å². The molecule has 2 aliphatic heterocycles. The second-order valence-corrected chi connectivity index (χ2v) is 5.81. The highest BCUT2D eigenvalue weighted by molar-refractivity contribution is 8.05. The van der Waals surface area contributed by atoms with Crippen LogP contribution < -0.4 is 0 Å². The highest BCUT2D eigenvalue weighted by atomic mass is 32.2. The van der Waals surface area contributed by atoms with Crippen LogP contribution in [-0.2, 0) is 0 Å². The maximum atomic E-state index is 4.52. The number of hydrogen-bond donors (Lipinski definition) is 0. The molecule has 0 spiro atoms. The van der Waals surface area contributed by atoms with Gasteiger partial charge in [0, 0.05) is 6.21 Å². The number of rotatable bonds is 2. The molecular formula is C19H25NS. The fourth-order valence-electron chi connectivity index (χ4n) is 2.12. The summed E-state index contributed by atoms with van der Waals surface area (Å²) in [6.45, 7) is 14.4. The van der Waals surface area contributed by atoms with Gasteiger partial charge >= 0.3 is 0 Å². The minimum absolute atomic E-state index is 0.138. The second kappa shape index (κ2) is 8.68. The van der Waals surface area contributed by atoms with E-state index in [0.717, 1.165) is 5.57 Å². The molecular weight excluding hydrogens is 274 g/mol. The quantitative estimate of drug-likeness (QED) is 0.608. The molecule has 0 aromatic carbocycles. The Morgan fingerprint density at radius 2 is 2.00 bits per heavy atom. The number of allylic oxidation sites excluding steroid dienone is 7. The Morgan fingerprint density at radius 1 is 1.29 bits per heavy atom. The van der Waals surface area contributed by atoms with E-state index < -0.39 is 0 Å². The largest absolute Gasteiger partial charge is 0.281 e. The molecule has 0 saturated carbocycles. The summed E-state index contributed by atoms with van der Waals surface area (Å²) in [6.07, 6.45) is 12.6. The van der Waals surface area contributed by atoms with Crippen LogP contribution in [-0.4, -0.2) is 12.3 Å². The predicted molar refractivity (Wildman–Crippen MR) is 98.9 cm³/mol. The van der Waals surface area contributed by atoms with Gasteiger partial charge in [0.2, 0.25) is 0 Å². The van der Waals surface area contributed by atoms with Crippen LogP contribution in [0.1, 0.15) is 34.6 Å². The lowest BCUT2D eigenvalue weighted by atomic mass is 9.99. The Bertz CT molecular complexity index is 568. The minimum atomic E-state index is 0.138. The van der Waals surface area contributed by atoms with Crippen molar-refractivity contribution in [2.75, 3.05) is 0 Å². The number of hydrogen-bond acceptors (Lipinski definition) is 2. The Morgan fingerprint density at radius 3 is 2.57 bits per heavy atom. The van der Waals surface area contributed by atoms with Gasteiger partial charge in [-0.25, -0.2) is 0 Å². The minimum Gasteiger partial charge on any atom is -0.281 e. The third-order valence-corrected chi connectivity index (χ3v) is 3.95. The Balaban J connectivity index is 0.00000106. The van der Waals surface area contributed by atoms with Gasteiger partial charge in [0.25, 0.3) is 0 Å². The van der Waals surface area contributed by atoms with E-state index in [1.54, 1.807) is 11.8 Å². The van der Waals surface area contributed by atoms with E-state index in [0.29, 0.717) is 0 Å². The lowest BCUT2D eigenvalue weighted by Crippen LogP contribution is -2.02. The van der Waals surface area contributed by atoms with Crippen LogP contribution in [0.3, 0.4) is 0 Å². The van der Waals surface area contributed by atoms with Crippen molar-refractivity contribution in [3.05, 3.63) is 69.6 Å². The Hall–Kier alpha value is -1.54. The average molecular weight is 299 g/mol. The van der Waals surface area contributed by atoms with Crippen molar-refractivity contribution >= 4 is 18.0 Å². The molecule has 1 unspecified atom stereocenters. The van der Waals surface area contributed by atoms with Crippen LogP contribution >= 0.6 is 11.8 Å². The predicted octanol–water partition coefficient (Wildman–Crippen LogP) is 6.01. The van der Waals surface area contributed by atoms with E-state index in [9.17, 15) is 0 Å². The molecule has 2 heteroatoms. The van der Waals surface area contributed by atoms with Gasteiger partial charge in [0.05, 0.1) is 6.04 Å². The first-order valence-electron chi connectivity index (χ1n) is 7.41. The first-order chi connectivity index (χ1) is 10.1. The first-order valence-corrected chi connectivity index (χ1v) is 8.29. The van der Waals surface area contributed by atoms with Gasteiger partial charge in [-0.2, -0.15) is 0 Å². The van der Waals surface area contributed by atoms with E-state index in [4.69, 9.17) is 0 Å². The van der Waals surface area contributed by atoms with Crippen LogP contribution in [0.2, 0.25) is 0 Å². The summed E-state index contributed by atoms with van der Waals surface area (Å²) < 4.78 is 0. The van der Waals surface area contributed by atoms with Gasteiger partial charge in [-0.3, -0.25) is 4.99 Å². The topological polar surface area (TPSA) is 12.4 Å². The molecule has 0 saturated heterocycles. The fourth-order valence-corrected chi connectivity index (χ4v) is 2.88. The normalized spacial score (nSPS) is 29.2. The fraction of sp³-hybridized carbons (Fsp3) is 0.316. The van der Waals surface area contributed by atoms with Crippen LogP contribution in [0.15, 0.2) is 74.6 Å². The summed E-state index contributed by atoms with van der Waals surface area (Å²) in [5, 5.41) is 2.13. The zero-order valence-corrected chi connectivity index (χ0v) is 14.5. The summed E-state index contributed by atoms with van der Waals surface area (Å²) in [6, 6.07) is 0.138. The maximum Gasteiger partial charge on any atom is 0.0936 e. The standard InChI is InChI=1S/C17H19NS.C2H6/c1-5-6-16-13(3)10-15(7-8-19-14(16)4)17-9-12(2)11-18-17;1-2/h5-11,17H,3H2,1-2,4H3;1-2H3/b6-5-,8-7-,15-10+,16-14-;. The van der Waals surface area contributed by atoms with Crippen LogP contribution in [0.5, 0.6) is 0 Å². The molecule has 0 bridgehead atoms. The number of aliphatic imine (C=N–C) groups is 1. The monoisotopic (exact) mass is 299 g/mol. The third kappa shape index (κ3) is 4.75. The number of nitrogens with zero attached hydrogens (tertiary/aromatic N) is 1. The highest BCUT2D eigenvalue weighted by Gasteiger charge is 2.14. The van der Waals surface area contributed by atoms with Gasteiger partial charge < -0.3 is 0 Å². The van der Waals surface area contributed by atoms with E-state index in [-0.39, 0.29) is 6.04 Å². The van der Waals surface area contributed by atoms with Crippen LogP contribution in [0, 0.1) is 0 Å². The number of thioether (sulfide) groups is 1. The lowest BCUT2D eigenvalue weighted by molar-refractivity contribution is 1.00. The smallest absolute Gasteiger partial charge is 0.0936 e. The first kappa shape index (κ1) is 17.5. The van der Waals surface area contributed by atoms with Gasteiger partial charge in [0.1, 0.15) is 0 Å². The van der Waals surface area contributed by atoms with E-state index in [1.165, 1.54) is 21.6 Å². The molecule has 0 aliphatic carbocycles. The molecule has 0 amide bonds. The van der Waals surface area contributed by atoms with Crippen molar-refractivity contribution in [1.29, 1.82) is 0 Å². The molecule has 1 atom stereocenters. The third-order valence-electron chi connectivity index (χ3n) is 3.11. The zero-order chi connectivity index (χ0) is 15.8. The summed E-state index contributed by atoms with van der Waals surface area (Å²) >= 11 is 1.74. The van der Waals surface area contributed by atoms with Crippen molar-refractivity contribution in [3.8, 4) is 0 Å². The Labute approximate surface area is 133 Å². The van der Waals surface area contributed by atoms with Crippen LogP contribution in [0.25, 0.3) is 0 Å². The molecule has 2 aliphatic rings. The molecule has 2 heterocycles. The summed E-state index contributed by atoms with van der Waals surface area (Å²) in [4.78, 5) is 5.79. The molecule has 0 aromatic heterocycles. The zero-order valence-electron chi connectivity index (χ0n) is 13.7. The molecule has 0 N–H and O–H groups in total. The SMILES string of the molecule is C=C1/C=C(C2C=C(C)C=N2)\C=C/S/C(C)=C1/C=C\C.CC.